The van der Waals surface area contributed by atoms with Gasteiger partial charge in [0.1, 0.15) is 12.2 Å². The highest BCUT2D eigenvalue weighted by molar-refractivity contribution is 9.10. The Hall–Kier alpha value is -1.20. The average Bonchev–Trinajstić information content (AvgIpc) is 2.77. The Bertz CT molecular complexity index is 550. The van der Waals surface area contributed by atoms with Crippen LogP contribution in [0.15, 0.2) is 29.0 Å². The van der Waals surface area contributed by atoms with E-state index in [-0.39, 0.29) is 6.04 Å². The third-order valence-electron chi connectivity index (χ3n) is 3.16. The summed E-state index contributed by atoms with van der Waals surface area (Å²) in [6.45, 7) is 5.10. The Morgan fingerprint density at radius 3 is 2.89 bits per heavy atom. The van der Waals surface area contributed by atoms with Crippen LogP contribution in [0, 0.1) is 6.92 Å². The fourth-order valence-electron chi connectivity index (χ4n) is 2.21. The van der Waals surface area contributed by atoms with Crippen LogP contribution in [-0.4, -0.2) is 14.8 Å². The lowest BCUT2D eigenvalue weighted by molar-refractivity contribution is 0.547. The van der Waals surface area contributed by atoms with Crippen LogP contribution in [0.4, 0.5) is 0 Å². The van der Waals surface area contributed by atoms with Crippen LogP contribution in [0.3, 0.4) is 0 Å². The van der Waals surface area contributed by atoms with E-state index < -0.39 is 0 Å². The molecule has 0 aliphatic rings. The van der Waals surface area contributed by atoms with E-state index in [1.807, 2.05) is 10.7 Å². The highest BCUT2D eigenvalue weighted by atomic mass is 79.9. The monoisotopic (exact) mass is 322 g/mol. The summed E-state index contributed by atoms with van der Waals surface area (Å²) in [7, 11) is 0. The minimum atomic E-state index is -0.0482. The van der Waals surface area contributed by atoms with Crippen molar-refractivity contribution in [2.24, 2.45) is 5.73 Å². The predicted octanol–water partition coefficient (Wildman–Crippen LogP) is 3.00. The molecule has 0 saturated carbocycles. The minimum absolute atomic E-state index is 0.0482. The van der Waals surface area contributed by atoms with Crippen molar-refractivity contribution in [1.82, 2.24) is 14.8 Å². The lowest BCUT2D eigenvalue weighted by atomic mass is 9.99. The summed E-state index contributed by atoms with van der Waals surface area (Å²) in [6, 6.07) is 6.14. The van der Waals surface area contributed by atoms with Gasteiger partial charge in [0.2, 0.25) is 0 Å². The lowest BCUT2D eigenvalue weighted by Gasteiger charge is -2.15. The van der Waals surface area contributed by atoms with Crippen LogP contribution in [0.1, 0.15) is 36.3 Å². The summed E-state index contributed by atoms with van der Waals surface area (Å²) in [4.78, 5) is 4.31. The number of halogens is 1. The SMILES string of the molecule is CCCn1ncnc1CC(N)c1ccc(Br)cc1C. The Morgan fingerprint density at radius 2 is 2.21 bits per heavy atom. The number of aromatic nitrogens is 3. The number of nitrogens with zero attached hydrogens (tertiary/aromatic N) is 3. The van der Waals surface area contributed by atoms with E-state index in [0.717, 1.165) is 28.8 Å². The quantitative estimate of drug-likeness (QED) is 0.920. The first-order valence-electron chi connectivity index (χ1n) is 6.50. The molecule has 2 N–H and O–H groups in total. The van der Waals surface area contributed by atoms with Gasteiger partial charge in [-0.2, -0.15) is 5.10 Å². The van der Waals surface area contributed by atoms with Crippen molar-refractivity contribution in [3.8, 4) is 0 Å². The summed E-state index contributed by atoms with van der Waals surface area (Å²) in [5.41, 5.74) is 8.66. The fourth-order valence-corrected chi connectivity index (χ4v) is 2.68. The molecule has 0 aliphatic carbocycles. The molecule has 1 unspecified atom stereocenters. The molecular weight excluding hydrogens is 304 g/mol. The van der Waals surface area contributed by atoms with Gasteiger partial charge in [0.15, 0.2) is 0 Å². The summed E-state index contributed by atoms with van der Waals surface area (Å²) in [5, 5.41) is 4.23. The summed E-state index contributed by atoms with van der Waals surface area (Å²) < 4.78 is 3.02. The Balaban J connectivity index is 2.16. The van der Waals surface area contributed by atoms with Crippen molar-refractivity contribution >= 4 is 15.9 Å². The molecule has 0 radical (unpaired) electrons. The molecule has 1 aromatic carbocycles. The van der Waals surface area contributed by atoms with Gasteiger partial charge in [-0.3, -0.25) is 4.68 Å². The van der Waals surface area contributed by atoms with Crippen molar-refractivity contribution in [2.75, 3.05) is 0 Å². The normalized spacial score (nSPS) is 12.6. The van der Waals surface area contributed by atoms with E-state index in [1.165, 1.54) is 5.56 Å². The number of hydrogen-bond acceptors (Lipinski definition) is 3. The highest BCUT2D eigenvalue weighted by Crippen LogP contribution is 2.22. The van der Waals surface area contributed by atoms with E-state index in [2.05, 4.69) is 52.0 Å². The standard InChI is InChI=1S/C14H19BrN4/c1-3-6-19-14(17-9-18-19)8-13(16)12-5-4-11(15)7-10(12)2/h4-5,7,9,13H,3,6,8,16H2,1-2H3. The minimum Gasteiger partial charge on any atom is -0.324 e. The second-order valence-electron chi connectivity index (χ2n) is 4.71. The summed E-state index contributed by atoms with van der Waals surface area (Å²) >= 11 is 3.47. The number of aryl methyl sites for hydroxylation is 2. The lowest BCUT2D eigenvalue weighted by Crippen LogP contribution is -2.18. The zero-order valence-corrected chi connectivity index (χ0v) is 12.9. The second-order valence-corrected chi connectivity index (χ2v) is 5.63. The second kappa shape index (κ2) is 6.30. The van der Waals surface area contributed by atoms with Gasteiger partial charge in [-0.05, 0) is 36.6 Å². The predicted molar refractivity (Wildman–Crippen MR) is 79.8 cm³/mol. The fraction of sp³-hybridized carbons (Fsp3) is 0.429. The first kappa shape index (κ1) is 14.2. The van der Waals surface area contributed by atoms with Crippen LogP contribution in [0.5, 0.6) is 0 Å². The maximum Gasteiger partial charge on any atom is 0.138 e. The van der Waals surface area contributed by atoms with E-state index in [4.69, 9.17) is 5.73 Å². The molecule has 1 heterocycles. The first-order valence-corrected chi connectivity index (χ1v) is 7.29. The molecular formula is C14H19BrN4. The van der Waals surface area contributed by atoms with Gasteiger partial charge in [0.25, 0.3) is 0 Å². The molecule has 2 rings (SSSR count). The molecule has 0 aliphatic heterocycles. The van der Waals surface area contributed by atoms with Gasteiger partial charge < -0.3 is 5.73 Å². The maximum atomic E-state index is 6.31. The van der Waals surface area contributed by atoms with Gasteiger partial charge in [-0.1, -0.05) is 28.9 Å². The molecule has 0 spiro atoms. The molecule has 2 aromatic rings. The number of hydrogen-bond donors (Lipinski definition) is 1. The maximum absolute atomic E-state index is 6.31. The Morgan fingerprint density at radius 1 is 1.42 bits per heavy atom. The van der Waals surface area contributed by atoms with E-state index >= 15 is 0 Å². The third-order valence-corrected chi connectivity index (χ3v) is 3.66. The number of nitrogens with two attached hydrogens (primary N) is 1. The van der Waals surface area contributed by atoms with Crippen LogP contribution in [0.2, 0.25) is 0 Å². The summed E-state index contributed by atoms with van der Waals surface area (Å²) in [5.74, 6) is 0.955. The van der Waals surface area contributed by atoms with Crippen LogP contribution >= 0.6 is 15.9 Å². The molecule has 5 heteroatoms. The van der Waals surface area contributed by atoms with Crippen molar-refractivity contribution in [1.29, 1.82) is 0 Å². The molecule has 1 aromatic heterocycles. The molecule has 4 nitrogen and oxygen atoms in total. The van der Waals surface area contributed by atoms with Gasteiger partial charge in [-0.15, -0.1) is 0 Å². The topological polar surface area (TPSA) is 56.7 Å². The van der Waals surface area contributed by atoms with E-state index in [1.54, 1.807) is 6.33 Å². The zero-order chi connectivity index (χ0) is 13.8. The van der Waals surface area contributed by atoms with Gasteiger partial charge in [-0.25, -0.2) is 4.98 Å². The van der Waals surface area contributed by atoms with E-state index in [9.17, 15) is 0 Å². The smallest absolute Gasteiger partial charge is 0.138 e. The number of rotatable bonds is 5. The molecule has 102 valence electrons. The molecule has 19 heavy (non-hydrogen) atoms. The van der Waals surface area contributed by atoms with Gasteiger partial charge in [0.05, 0.1) is 0 Å². The van der Waals surface area contributed by atoms with Gasteiger partial charge >= 0.3 is 0 Å². The highest BCUT2D eigenvalue weighted by Gasteiger charge is 2.13. The van der Waals surface area contributed by atoms with Crippen LogP contribution in [-0.2, 0) is 13.0 Å². The Kier molecular flexibility index (Phi) is 4.71. The molecule has 1 atom stereocenters. The Labute approximate surface area is 122 Å². The van der Waals surface area contributed by atoms with Crippen molar-refractivity contribution in [2.45, 2.75) is 39.3 Å². The third kappa shape index (κ3) is 3.42. The molecule has 0 amide bonds. The van der Waals surface area contributed by atoms with Gasteiger partial charge in [0, 0.05) is 23.5 Å². The average molecular weight is 323 g/mol. The van der Waals surface area contributed by atoms with Crippen molar-refractivity contribution in [3.63, 3.8) is 0 Å². The first-order chi connectivity index (χ1) is 9.11. The largest absolute Gasteiger partial charge is 0.324 e. The molecule has 0 saturated heterocycles. The van der Waals surface area contributed by atoms with Crippen molar-refractivity contribution in [3.05, 3.63) is 46.0 Å². The summed E-state index contributed by atoms with van der Waals surface area (Å²) in [6.07, 6.45) is 3.36. The van der Waals surface area contributed by atoms with Crippen molar-refractivity contribution < 1.29 is 0 Å². The zero-order valence-electron chi connectivity index (χ0n) is 11.3. The van der Waals surface area contributed by atoms with Crippen LogP contribution < -0.4 is 5.73 Å². The molecule has 0 bridgehead atoms. The molecule has 0 fully saturated rings. The van der Waals surface area contributed by atoms with E-state index in [0.29, 0.717) is 6.42 Å². The van der Waals surface area contributed by atoms with Crippen LogP contribution in [0.25, 0.3) is 0 Å². The number of benzene rings is 1.